The highest BCUT2D eigenvalue weighted by Crippen LogP contribution is 2.51. The first-order valence-corrected chi connectivity index (χ1v) is 10.4. The molecule has 1 aliphatic carbocycles. The molecule has 0 fully saturated rings. The fraction of sp³-hybridized carbons (Fsp3) is 0.478. The van der Waals surface area contributed by atoms with Gasteiger partial charge in [-0.3, -0.25) is 4.79 Å². The van der Waals surface area contributed by atoms with Crippen LogP contribution >= 0.6 is 11.6 Å². The smallest absolute Gasteiger partial charge is 0.162 e. The average Bonchev–Trinajstić information content (AvgIpc) is 2.71. The normalized spacial score (nSPS) is 20.5. The summed E-state index contributed by atoms with van der Waals surface area (Å²) in [5.41, 5.74) is 8.55. The highest BCUT2D eigenvalue weighted by atomic mass is 35.5. The predicted molar refractivity (Wildman–Crippen MR) is 118 cm³/mol. The molecule has 1 aromatic carbocycles. The molecular formula is C23H28ClN3O4. The predicted octanol–water partition coefficient (Wildman–Crippen LogP) is 3.74. The van der Waals surface area contributed by atoms with Gasteiger partial charge in [-0.15, -0.1) is 0 Å². The zero-order chi connectivity index (χ0) is 22.9. The van der Waals surface area contributed by atoms with Crippen LogP contribution in [0.2, 0.25) is 5.02 Å². The maximum absolute atomic E-state index is 13.4. The lowest BCUT2D eigenvalue weighted by Gasteiger charge is -2.44. The minimum atomic E-state index is -0.672. The number of allylic oxidation sites excluding steroid dienone is 3. The van der Waals surface area contributed by atoms with Crippen LogP contribution in [-0.2, 0) is 9.53 Å². The Bertz CT molecular complexity index is 1010. The topological polar surface area (TPSA) is 97.8 Å². The van der Waals surface area contributed by atoms with Crippen molar-refractivity contribution in [2.75, 3.05) is 34.5 Å². The Hall–Kier alpha value is -2.69. The molecule has 0 spiro atoms. The zero-order valence-corrected chi connectivity index (χ0v) is 19.3. The third-order valence-corrected chi connectivity index (χ3v) is 6.15. The number of nitrogens with zero attached hydrogens (tertiary/aromatic N) is 2. The number of hydrogen-bond donors (Lipinski definition) is 1. The van der Waals surface area contributed by atoms with Gasteiger partial charge in [0, 0.05) is 42.4 Å². The van der Waals surface area contributed by atoms with E-state index in [0.29, 0.717) is 59.5 Å². The number of nitrogens with two attached hydrogens (primary N) is 1. The molecule has 1 atom stereocenters. The van der Waals surface area contributed by atoms with Crippen LogP contribution in [-0.4, -0.2) is 45.2 Å². The van der Waals surface area contributed by atoms with Crippen LogP contribution in [0.3, 0.4) is 0 Å². The van der Waals surface area contributed by atoms with Crippen molar-refractivity contribution in [3.8, 4) is 17.6 Å². The third kappa shape index (κ3) is 4.10. The molecule has 0 unspecified atom stereocenters. The second-order valence-corrected chi connectivity index (χ2v) is 8.93. The summed E-state index contributed by atoms with van der Waals surface area (Å²) >= 11 is 6.62. The molecule has 7 nitrogen and oxygen atoms in total. The number of halogens is 1. The van der Waals surface area contributed by atoms with Crippen molar-refractivity contribution in [2.24, 2.45) is 11.1 Å². The SMILES string of the molecule is COCCN1C(N)=C(C#N)[C@H](c2cc(OC)c(OC)cc2Cl)C2=C1CC(C)(C)CC2=O. The molecule has 3 rings (SSSR count). The van der Waals surface area contributed by atoms with E-state index in [0.717, 1.165) is 5.70 Å². The molecule has 0 saturated heterocycles. The molecule has 31 heavy (non-hydrogen) atoms. The van der Waals surface area contributed by atoms with Gasteiger partial charge in [-0.05, 0) is 23.5 Å². The van der Waals surface area contributed by atoms with Gasteiger partial charge in [0.15, 0.2) is 17.3 Å². The van der Waals surface area contributed by atoms with Gasteiger partial charge < -0.3 is 24.8 Å². The summed E-state index contributed by atoms with van der Waals surface area (Å²) in [5.74, 6) is 0.568. The number of rotatable bonds is 6. The third-order valence-electron chi connectivity index (χ3n) is 5.82. The molecular weight excluding hydrogens is 418 g/mol. The first-order chi connectivity index (χ1) is 14.7. The van der Waals surface area contributed by atoms with Crippen molar-refractivity contribution >= 4 is 17.4 Å². The molecule has 166 valence electrons. The van der Waals surface area contributed by atoms with Gasteiger partial charge in [-0.2, -0.15) is 5.26 Å². The van der Waals surface area contributed by atoms with E-state index in [9.17, 15) is 10.1 Å². The van der Waals surface area contributed by atoms with Crippen LogP contribution < -0.4 is 15.2 Å². The second kappa shape index (κ2) is 8.81. The Morgan fingerprint density at radius 3 is 2.45 bits per heavy atom. The highest BCUT2D eigenvalue weighted by Gasteiger charge is 2.44. The van der Waals surface area contributed by atoms with E-state index in [2.05, 4.69) is 19.9 Å². The van der Waals surface area contributed by atoms with Gasteiger partial charge in [-0.1, -0.05) is 25.4 Å². The maximum Gasteiger partial charge on any atom is 0.162 e. The minimum absolute atomic E-state index is 0.00947. The van der Waals surface area contributed by atoms with Crippen LogP contribution in [0, 0.1) is 16.7 Å². The largest absolute Gasteiger partial charge is 0.493 e. The lowest BCUT2D eigenvalue weighted by atomic mass is 9.68. The molecule has 2 aliphatic rings. The van der Waals surface area contributed by atoms with E-state index in [1.807, 2.05) is 4.90 Å². The molecule has 8 heteroatoms. The van der Waals surface area contributed by atoms with Gasteiger partial charge in [-0.25, -0.2) is 0 Å². The van der Waals surface area contributed by atoms with E-state index in [-0.39, 0.29) is 16.8 Å². The number of carbonyl (C=O) groups is 1. The number of nitriles is 1. The summed E-state index contributed by atoms with van der Waals surface area (Å²) in [7, 11) is 4.65. The molecule has 0 aromatic heterocycles. The highest BCUT2D eigenvalue weighted by molar-refractivity contribution is 6.31. The Kier molecular flexibility index (Phi) is 6.54. The first-order valence-electron chi connectivity index (χ1n) is 10.0. The standard InChI is InChI=1S/C23H28ClN3O4/c1-23(2)10-16-21(17(28)11-23)20(14(12-25)22(26)27(16)6-7-29-3)13-8-18(30-4)19(31-5)9-15(13)24/h8-9,20H,6-7,10-11,26H2,1-5H3/t20-/m0/s1. The van der Waals surface area contributed by atoms with Gasteiger partial charge in [0.1, 0.15) is 5.82 Å². The van der Waals surface area contributed by atoms with Crippen molar-refractivity contribution in [1.82, 2.24) is 4.90 Å². The number of ether oxygens (including phenoxy) is 3. The number of methoxy groups -OCH3 is 3. The molecule has 0 saturated carbocycles. The van der Waals surface area contributed by atoms with E-state index in [4.69, 9.17) is 31.5 Å². The van der Waals surface area contributed by atoms with Crippen LogP contribution in [0.15, 0.2) is 34.8 Å². The number of benzene rings is 1. The number of carbonyl (C=O) groups excluding carboxylic acids is 1. The Balaban J connectivity index is 2.28. The summed E-state index contributed by atoms with van der Waals surface area (Å²) in [6, 6.07) is 5.59. The molecule has 0 amide bonds. The molecule has 1 aromatic rings. The number of Topliss-reactive ketones (excluding diaryl/α,β-unsaturated/α-hetero) is 1. The van der Waals surface area contributed by atoms with Gasteiger partial charge in [0.25, 0.3) is 0 Å². The van der Waals surface area contributed by atoms with Crippen molar-refractivity contribution in [3.63, 3.8) is 0 Å². The molecule has 2 N–H and O–H groups in total. The monoisotopic (exact) mass is 445 g/mol. The summed E-state index contributed by atoms with van der Waals surface area (Å²) in [6.45, 7) is 4.97. The number of hydrogen-bond acceptors (Lipinski definition) is 7. The summed E-state index contributed by atoms with van der Waals surface area (Å²) in [6.07, 6.45) is 1.03. The van der Waals surface area contributed by atoms with Crippen molar-refractivity contribution in [1.29, 1.82) is 5.26 Å². The fourth-order valence-corrected chi connectivity index (χ4v) is 4.68. The van der Waals surface area contributed by atoms with E-state index in [1.165, 1.54) is 14.2 Å². The van der Waals surface area contributed by atoms with E-state index >= 15 is 0 Å². The van der Waals surface area contributed by atoms with E-state index in [1.54, 1.807) is 19.2 Å². The van der Waals surface area contributed by atoms with Gasteiger partial charge >= 0.3 is 0 Å². The molecule has 0 bridgehead atoms. The molecule has 0 radical (unpaired) electrons. The summed E-state index contributed by atoms with van der Waals surface area (Å²) in [5, 5.41) is 10.4. The molecule has 1 aliphatic heterocycles. The van der Waals surface area contributed by atoms with Crippen LogP contribution in [0.5, 0.6) is 11.5 Å². The van der Waals surface area contributed by atoms with Crippen molar-refractivity contribution < 1.29 is 19.0 Å². The van der Waals surface area contributed by atoms with Gasteiger partial charge in [0.05, 0.1) is 38.4 Å². The quantitative estimate of drug-likeness (QED) is 0.712. The van der Waals surface area contributed by atoms with Crippen molar-refractivity contribution in [2.45, 2.75) is 32.6 Å². The van der Waals surface area contributed by atoms with E-state index < -0.39 is 5.92 Å². The van der Waals surface area contributed by atoms with Crippen LogP contribution in [0.25, 0.3) is 0 Å². The Morgan fingerprint density at radius 2 is 1.87 bits per heavy atom. The molecule has 1 heterocycles. The Labute approximate surface area is 188 Å². The van der Waals surface area contributed by atoms with Crippen molar-refractivity contribution in [3.05, 3.63) is 45.4 Å². The van der Waals surface area contributed by atoms with Crippen LogP contribution in [0.4, 0.5) is 0 Å². The lowest BCUT2D eigenvalue weighted by Crippen LogP contribution is -2.43. The summed E-state index contributed by atoms with van der Waals surface area (Å²) in [4.78, 5) is 15.3. The Morgan fingerprint density at radius 1 is 1.23 bits per heavy atom. The lowest BCUT2D eigenvalue weighted by molar-refractivity contribution is -0.118. The van der Waals surface area contributed by atoms with Gasteiger partial charge in [0.2, 0.25) is 0 Å². The number of ketones is 1. The second-order valence-electron chi connectivity index (χ2n) is 8.52. The van der Waals surface area contributed by atoms with Crippen LogP contribution in [0.1, 0.15) is 38.2 Å². The first kappa shape index (κ1) is 23.0. The minimum Gasteiger partial charge on any atom is -0.493 e. The zero-order valence-electron chi connectivity index (χ0n) is 18.5. The average molecular weight is 446 g/mol. The maximum atomic E-state index is 13.4. The fourth-order valence-electron chi connectivity index (χ4n) is 4.42. The summed E-state index contributed by atoms with van der Waals surface area (Å²) < 4.78 is 16.0.